The van der Waals surface area contributed by atoms with Crippen molar-refractivity contribution in [2.45, 2.75) is 18.9 Å². The maximum absolute atomic E-state index is 13.8. The van der Waals surface area contributed by atoms with Gasteiger partial charge in [-0.25, -0.2) is 9.37 Å². The standard InChI is InChI=1S/C31H39ClFN8O3P/c1-20(33)30(42)37-24-17-25(27(44-2)18-26(24)41-13-9-21(10-14-41)40-15-11-34-12-16-40)38-31-35-19-22(32)29(39-31)36-23-7-5-6-8-28(23)45(3,4)43/h5-8,17-19,21,34H,1,9-16H2,2-4H3,(H,37,42)(H2,35,36,38,39). The first-order valence-electron chi connectivity index (χ1n) is 14.8. The number of hydrogen-bond donors (Lipinski definition) is 4. The Hall–Kier alpha value is -3.70. The van der Waals surface area contributed by atoms with E-state index in [2.05, 4.69) is 47.6 Å². The van der Waals surface area contributed by atoms with Gasteiger partial charge >= 0.3 is 0 Å². The third-order valence-corrected chi connectivity index (χ3v) is 9.84. The number of amides is 1. The summed E-state index contributed by atoms with van der Waals surface area (Å²) in [5.41, 5.74) is 2.17. The van der Waals surface area contributed by atoms with E-state index in [1.807, 2.05) is 24.3 Å². The van der Waals surface area contributed by atoms with Crippen molar-refractivity contribution in [3.63, 3.8) is 0 Å². The molecule has 2 aliphatic heterocycles. The normalized spacial score (nSPS) is 16.2. The van der Waals surface area contributed by atoms with E-state index in [4.69, 9.17) is 16.3 Å². The fourth-order valence-corrected chi connectivity index (χ4v) is 7.01. The predicted octanol–water partition coefficient (Wildman–Crippen LogP) is 5.17. The van der Waals surface area contributed by atoms with Crippen molar-refractivity contribution in [1.82, 2.24) is 20.2 Å². The Kier molecular flexibility index (Phi) is 10.3. The van der Waals surface area contributed by atoms with Crippen molar-refractivity contribution in [2.24, 2.45) is 0 Å². The Morgan fingerprint density at radius 2 is 1.80 bits per heavy atom. The number of hydrogen-bond acceptors (Lipinski definition) is 10. The molecule has 45 heavy (non-hydrogen) atoms. The number of anilines is 6. The van der Waals surface area contributed by atoms with Crippen LogP contribution in [0.3, 0.4) is 0 Å². The van der Waals surface area contributed by atoms with Gasteiger partial charge < -0.3 is 35.5 Å². The van der Waals surface area contributed by atoms with Crippen molar-refractivity contribution in [3.05, 3.63) is 60.0 Å². The number of piperidine rings is 1. The van der Waals surface area contributed by atoms with Gasteiger partial charge in [0, 0.05) is 56.7 Å². The predicted molar refractivity (Wildman–Crippen MR) is 181 cm³/mol. The van der Waals surface area contributed by atoms with Crippen LogP contribution < -0.4 is 36.2 Å². The van der Waals surface area contributed by atoms with Crippen molar-refractivity contribution in [2.75, 3.05) is 80.6 Å². The lowest BCUT2D eigenvalue weighted by atomic mass is 10.0. The molecular formula is C31H39ClFN8O3P. The molecule has 1 amide bonds. The van der Waals surface area contributed by atoms with Crippen LogP contribution in [0.5, 0.6) is 5.75 Å². The molecule has 3 aromatic rings. The Morgan fingerprint density at radius 3 is 2.47 bits per heavy atom. The molecule has 0 aliphatic carbocycles. The molecule has 2 aromatic carbocycles. The van der Waals surface area contributed by atoms with Crippen molar-refractivity contribution >= 4 is 64.5 Å². The summed E-state index contributed by atoms with van der Waals surface area (Å²) in [4.78, 5) is 26.0. The van der Waals surface area contributed by atoms with Gasteiger partial charge in [-0.05, 0) is 44.4 Å². The molecule has 2 fully saturated rings. The zero-order valence-electron chi connectivity index (χ0n) is 25.7. The minimum Gasteiger partial charge on any atom is -0.494 e. The van der Waals surface area contributed by atoms with Crippen LogP contribution in [0.15, 0.2) is 55.0 Å². The first kappa shape index (κ1) is 32.7. The molecule has 14 heteroatoms. The summed E-state index contributed by atoms with van der Waals surface area (Å²) in [7, 11) is -1.05. The van der Waals surface area contributed by atoms with Crippen LogP contribution in [0, 0.1) is 0 Å². The van der Waals surface area contributed by atoms with Crippen LogP contribution in [0.25, 0.3) is 0 Å². The van der Waals surface area contributed by atoms with E-state index in [1.165, 1.54) is 6.20 Å². The summed E-state index contributed by atoms with van der Waals surface area (Å²) in [6.07, 6.45) is 3.38. The van der Waals surface area contributed by atoms with E-state index in [1.54, 1.807) is 32.6 Å². The smallest absolute Gasteiger partial charge is 0.283 e. The zero-order valence-corrected chi connectivity index (χ0v) is 27.3. The number of rotatable bonds is 10. The number of para-hydroxylation sites is 1. The lowest BCUT2D eigenvalue weighted by molar-refractivity contribution is -0.114. The molecule has 2 saturated heterocycles. The van der Waals surface area contributed by atoms with E-state index < -0.39 is 18.9 Å². The van der Waals surface area contributed by atoms with Gasteiger partial charge in [0.05, 0.1) is 36.1 Å². The molecular weight excluding hydrogens is 618 g/mol. The lowest BCUT2D eigenvalue weighted by Gasteiger charge is -2.41. The van der Waals surface area contributed by atoms with Gasteiger partial charge in [0.1, 0.15) is 17.9 Å². The van der Waals surface area contributed by atoms with Crippen LogP contribution >= 0.6 is 18.7 Å². The number of piperazine rings is 1. The highest BCUT2D eigenvalue weighted by Gasteiger charge is 2.28. The molecule has 0 bridgehead atoms. The molecule has 0 atom stereocenters. The number of aromatic nitrogens is 2. The maximum Gasteiger partial charge on any atom is 0.283 e. The van der Waals surface area contributed by atoms with Crippen LogP contribution in [0.2, 0.25) is 5.02 Å². The van der Waals surface area contributed by atoms with E-state index in [-0.39, 0.29) is 11.0 Å². The van der Waals surface area contributed by atoms with Crippen molar-refractivity contribution < 1.29 is 18.5 Å². The first-order valence-corrected chi connectivity index (χ1v) is 17.8. The monoisotopic (exact) mass is 656 g/mol. The third-order valence-electron chi connectivity index (χ3n) is 8.01. The minimum atomic E-state index is -2.59. The molecule has 0 saturated carbocycles. The van der Waals surface area contributed by atoms with Crippen molar-refractivity contribution in [1.29, 1.82) is 0 Å². The molecule has 3 heterocycles. The molecule has 0 radical (unpaired) electrons. The summed E-state index contributed by atoms with van der Waals surface area (Å²) in [6.45, 7) is 12.1. The zero-order chi connectivity index (χ0) is 32.1. The van der Waals surface area contributed by atoms with Gasteiger partial charge in [-0.2, -0.15) is 4.98 Å². The number of ether oxygens (including phenoxy) is 1. The highest BCUT2D eigenvalue weighted by Crippen LogP contribution is 2.41. The largest absolute Gasteiger partial charge is 0.494 e. The van der Waals surface area contributed by atoms with E-state index in [0.717, 1.165) is 52.1 Å². The Labute approximate surface area is 268 Å². The molecule has 240 valence electrons. The second-order valence-electron chi connectivity index (χ2n) is 11.4. The average Bonchev–Trinajstić information content (AvgIpc) is 3.03. The summed E-state index contributed by atoms with van der Waals surface area (Å²) < 4.78 is 32.5. The number of carbonyl (C=O) groups is 1. The molecule has 11 nitrogen and oxygen atoms in total. The van der Waals surface area contributed by atoms with Gasteiger partial charge in [0.15, 0.2) is 11.6 Å². The quantitative estimate of drug-likeness (QED) is 0.172. The molecule has 2 aliphatic rings. The van der Waals surface area contributed by atoms with Gasteiger partial charge in [-0.3, -0.25) is 9.69 Å². The summed E-state index contributed by atoms with van der Waals surface area (Å²) >= 11 is 6.44. The summed E-state index contributed by atoms with van der Waals surface area (Å²) in [5.74, 6) is -1.06. The van der Waals surface area contributed by atoms with Crippen LogP contribution in [-0.2, 0) is 9.36 Å². The van der Waals surface area contributed by atoms with Crippen LogP contribution in [0.4, 0.5) is 38.9 Å². The van der Waals surface area contributed by atoms with Gasteiger partial charge in [0.2, 0.25) is 5.95 Å². The highest BCUT2D eigenvalue weighted by molar-refractivity contribution is 7.70. The Morgan fingerprint density at radius 1 is 1.09 bits per heavy atom. The first-order chi connectivity index (χ1) is 21.5. The van der Waals surface area contributed by atoms with Crippen LogP contribution in [-0.4, -0.2) is 86.5 Å². The molecule has 4 N–H and O–H groups in total. The molecule has 5 rings (SSSR count). The maximum atomic E-state index is 13.8. The summed E-state index contributed by atoms with van der Waals surface area (Å²) in [6, 6.07) is 11.2. The number of nitrogens with one attached hydrogen (secondary N) is 4. The SMILES string of the molecule is C=C(F)C(=O)Nc1cc(Nc2ncc(Cl)c(Nc3ccccc3P(C)(C)=O)n2)c(OC)cc1N1CCC(N2CCNCC2)CC1. The number of carbonyl (C=O) groups excluding carboxylic acids is 1. The fraction of sp³-hybridized carbons (Fsp3) is 0.387. The second kappa shape index (κ2) is 14.2. The van der Waals surface area contributed by atoms with Crippen LogP contribution in [0.1, 0.15) is 12.8 Å². The number of halogens is 2. The highest BCUT2D eigenvalue weighted by atomic mass is 35.5. The van der Waals surface area contributed by atoms with Gasteiger partial charge in [0.25, 0.3) is 5.91 Å². The number of methoxy groups -OCH3 is 1. The lowest BCUT2D eigenvalue weighted by Crippen LogP contribution is -2.52. The molecule has 1 aromatic heterocycles. The minimum absolute atomic E-state index is 0.186. The van der Waals surface area contributed by atoms with Gasteiger partial charge in [-0.15, -0.1) is 0 Å². The average molecular weight is 657 g/mol. The Bertz CT molecular complexity index is 1610. The fourth-order valence-electron chi connectivity index (χ4n) is 5.72. The number of benzene rings is 2. The number of nitrogens with zero attached hydrogens (tertiary/aromatic N) is 4. The van der Waals surface area contributed by atoms with E-state index >= 15 is 0 Å². The van der Waals surface area contributed by atoms with E-state index in [0.29, 0.717) is 45.7 Å². The summed E-state index contributed by atoms with van der Waals surface area (Å²) in [5, 5.41) is 13.3. The third kappa shape index (κ3) is 7.94. The molecule has 0 unspecified atom stereocenters. The topological polar surface area (TPSA) is 124 Å². The Balaban J connectivity index is 1.42. The van der Waals surface area contributed by atoms with E-state index in [9.17, 15) is 13.8 Å². The van der Waals surface area contributed by atoms with Gasteiger partial charge in [-0.1, -0.05) is 30.3 Å². The second-order valence-corrected chi connectivity index (χ2v) is 15.0. The van der Waals surface area contributed by atoms with Crippen molar-refractivity contribution in [3.8, 4) is 5.75 Å². The molecule has 0 spiro atoms.